The van der Waals surface area contributed by atoms with E-state index in [1.54, 1.807) is 18.2 Å². The van der Waals surface area contributed by atoms with E-state index in [2.05, 4.69) is 10.6 Å². The Bertz CT molecular complexity index is 575. The van der Waals surface area contributed by atoms with Crippen molar-refractivity contribution in [1.82, 2.24) is 10.4 Å². The summed E-state index contributed by atoms with van der Waals surface area (Å²) < 4.78 is 0. The first-order chi connectivity index (χ1) is 9.83. The van der Waals surface area contributed by atoms with Crippen LogP contribution >= 0.6 is 11.6 Å². The van der Waals surface area contributed by atoms with E-state index < -0.39 is 5.41 Å². The molecule has 114 valence electrons. The summed E-state index contributed by atoms with van der Waals surface area (Å²) in [4.78, 5) is 28.7. The van der Waals surface area contributed by atoms with Crippen LogP contribution in [0.4, 0.5) is 10.5 Å². The molecule has 0 atom stereocenters. The summed E-state index contributed by atoms with van der Waals surface area (Å²) in [6, 6.07) is 4.80. The van der Waals surface area contributed by atoms with Gasteiger partial charge in [-0.3, -0.25) is 9.63 Å². The molecule has 6 nitrogen and oxygen atoms in total. The van der Waals surface area contributed by atoms with Crippen LogP contribution in [0.3, 0.4) is 0 Å². The van der Waals surface area contributed by atoms with E-state index in [1.165, 1.54) is 12.1 Å². The summed E-state index contributed by atoms with van der Waals surface area (Å²) in [6.45, 7) is 4.32. The molecular formula is C14H18ClN3O3. The highest BCUT2D eigenvalue weighted by Gasteiger charge is 2.40. The lowest BCUT2D eigenvalue weighted by atomic mass is 9.95. The minimum atomic E-state index is -0.507. The van der Waals surface area contributed by atoms with Crippen LogP contribution in [-0.2, 0) is 16.2 Å². The molecule has 1 saturated heterocycles. The number of carbonyl (C=O) groups excluding carboxylic acids is 2. The fourth-order valence-electron chi connectivity index (χ4n) is 1.92. The van der Waals surface area contributed by atoms with Gasteiger partial charge in [-0.2, -0.15) is 0 Å². The van der Waals surface area contributed by atoms with E-state index in [0.717, 1.165) is 5.56 Å². The van der Waals surface area contributed by atoms with E-state index in [4.69, 9.17) is 16.4 Å². The van der Waals surface area contributed by atoms with Crippen LogP contribution in [0.25, 0.3) is 0 Å². The quantitative estimate of drug-likeness (QED) is 0.900. The van der Waals surface area contributed by atoms with Crippen molar-refractivity contribution in [3.8, 4) is 0 Å². The number of halogens is 1. The second-order valence-electron chi connectivity index (χ2n) is 5.51. The zero-order valence-corrected chi connectivity index (χ0v) is 13.0. The Morgan fingerprint density at radius 2 is 2.19 bits per heavy atom. The molecule has 0 radical (unpaired) electrons. The third-order valence-electron chi connectivity index (χ3n) is 3.24. The van der Waals surface area contributed by atoms with Crippen molar-refractivity contribution in [3.63, 3.8) is 0 Å². The molecule has 1 aliphatic heterocycles. The summed E-state index contributed by atoms with van der Waals surface area (Å²) in [7, 11) is 1.53. The van der Waals surface area contributed by atoms with Crippen molar-refractivity contribution in [2.45, 2.75) is 20.4 Å². The highest BCUT2D eigenvalue weighted by atomic mass is 35.5. The molecule has 1 aromatic carbocycles. The van der Waals surface area contributed by atoms with Gasteiger partial charge in [0.2, 0.25) is 0 Å². The van der Waals surface area contributed by atoms with Crippen molar-refractivity contribution < 1.29 is 14.4 Å². The van der Waals surface area contributed by atoms with Gasteiger partial charge in [0.15, 0.2) is 0 Å². The Hall–Kier alpha value is -1.79. The molecule has 0 saturated carbocycles. The van der Waals surface area contributed by atoms with E-state index in [9.17, 15) is 9.59 Å². The molecule has 0 spiro atoms. The largest absolute Gasteiger partial charge is 0.341 e. The predicted molar refractivity (Wildman–Crippen MR) is 79.8 cm³/mol. The number of benzene rings is 1. The molecule has 21 heavy (non-hydrogen) atoms. The fourth-order valence-corrected chi connectivity index (χ4v) is 2.16. The monoisotopic (exact) mass is 311 g/mol. The number of hydrogen-bond donors (Lipinski definition) is 2. The average Bonchev–Trinajstić information content (AvgIpc) is 2.68. The van der Waals surface area contributed by atoms with Crippen LogP contribution in [0.2, 0.25) is 5.02 Å². The van der Waals surface area contributed by atoms with Gasteiger partial charge in [-0.1, -0.05) is 17.7 Å². The number of anilines is 1. The molecule has 0 bridgehead atoms. The van der Waals surface area contributed by atoms with Gasteiger partial charge < -0.3 is 10.6 Å². The van der Waals surface area contributed by atoms with Gasteiger partial charge in [0.1, 0.15) is 0 Å². The number of hydrogen-bond acceptors (Lipinski definition) is 3. The molecule has 0 aromatic heterocycles. The van der Waals surface area contributed by atoms with Gasteiger partial charge >= 0.3 is 6.03 Å². The molecule has 0 aliphatic carbocycles. The molecule has 2 rings (SSSR count). The number of nitrogens with one attached hydrogen (secondary N) is 2. The smallest absolute Gasteiger partial charge is 0.318 e. The Morgan fingerprint density at radius 3 is 2.71 bits per heavy atom. The summed E-state index contributed by atoms with van der Waals surface area (Å²) in [5, 5.41) is 6.87. The summed E-state index contributed by atoms with van der Waals surface area (Å²) >= 11 is 6.19. The Morgan fingerprint density at radius 1 is 1.48 bits per heavy atom. The zero-order valence-electron chi connectivity index (χ0n) is 12.2. The van der Waals surface area contributed by atoms with Crippen LogP contribution in [-0.4, -0.2) is 30.7 Å². The number of rotatable bonds is 3. The number of amides is 3. The number of nitrogens with zero attached hydrogens (tertiary/aromatic N) is 1. The lowest BCUT2D eigenvalue weighted by Crippen LogP contribution is -2.30. The highest BCUT2D eigenvalue weighted by Crippen LogP contribution is 2.30. The van der Waals surface area contributed by atoms with Crippen molar-refractivity contribution in [3.05, 3.63) is 28.8 Å². The van der Waals surface area contributed by atoms with Gasteiger partial charge in [0.05, 0.1) is 18.6 Å². The van der Waals surface area contributed by atoms with Gasteiger partial charge in [0, 0.05) is 17.8 Å². The molecule has 1 aromatic rings. The first kappa shape index (κ1) is 15.6. The normalized spacial score (nSPS) is 17.0. The van der Waals surface area contributed by atoms with E-state index >= 15 is 0 Å². The Kier molecular flexibility index (Phi) is 4.39. The first-order valence-corrected chi connectivity index (χ1v) is 6.93. The summed E-state index contributed by atoms with van der Waals surface area (Å²) in [5.41, 5.74) is 0.829. The zero-order chi connectivity index (χ0) is 15.6. The number of carbonyl (C=O) groups is 2. The molecular weight excluding hydrogens is 294 g/mol. The molecule has 1 aliphatic rings. The lowest BCUT2D eigenvalue weighted by molar-refractivity contribution is -0.165. The van der Waals surface area contributed by atoms with Gasteiger partial charge in [0.25, 0.3) is 5.91 Å². The number of hydroxylamine groups is 2. The van der Waals surface area contributed by atoms with Crippen LogP contribution in [0.5, 0.6) is 0 Å². The summed E-state index contributed by atoms with van der Waals surface area (Å²) in [5.74, 6) is -0.0638. The topological polar surface area (TPSA) is 70.7 Å². The second kappa shape index (κ2) is 5.91. The van der Waals surface area contributed by atoms with E-state index in [1.807, 2.05) is 13.8 Å². The first-order valence-electron chi connectivity index (χ1n) is 6.55. The molecule has 7 heteroatoms. The van der Waals surface area contributed by atoms with Crippen molar-refractivity contribution in [2.24, 2.45) is 5.41 Å². The Balaban J connectivity index is 2.08. The fraction of sp³-hybridized carbons (Fsp3) is 0.429. The third-order valence-corrected chi connectivity index (χ3v) is 3.59. The van der Waals surface area contributed by atoms with Crippen molar-refractivity contribution >= 4 is 29.2 Å². The molecule has 0 unspecified atom stereocenters. The third kappa shape index (κ3) is 3.46. The van der Waals surface area contributed by atoms with Crippen LogP contribution in [0.15, 0.2) is 18.2 Å². The van der Waals surface area contributed by atoms with Gasteiger partial charge in [-0.05, 0) is 31.5 Å². The maximum Gasteiger partial charge on any atom is 0.318 e. The minimum Gasteiger partial charge on any atom is -0.341 e. The van der Waals surface area contributed by atoms with Crippen LogP contribution in [0, 0.1) is 5.41 Å². The van der Waals surface area contributed by atoms with E-state index in [-0.39, 0.29) is 18.5 Å². The number of urea groups is 1. The predicted octanol–water partition coefficient (Wildman–Crippen LogP) is 2.39. The van der Waals surface area contributed by atoms with Gasteiger partial charge in [-0.15, -0.1) is 0 Å². The second-order valence-corrected chi connectivity index (χ2v) is 5.92. The molecule has 2 N–H and O–H groups in total. The summed E-state index contributed by atoms with van der Waals surface area (Å²) in [6.07, 6.45) is 0. The van der Waals surface area contributed by atoms with E-state index in [0.29, 0.717) is 17.3 Å². The maximum absolute atomic E-state index is 12.1. The van der Waals surface area contributed by atoms with Gasteiger partial charge in [-0.25, -0.2) is 9.86 Å². The SMILES string of the molecule is CNC(=O)Nc1ccc(CN2OCC(C)(C)C2=O)c(Cl)c1. The minimum absolute atomic E-state index is 0.0638. The molecule has 3 amide bonds. The standard InChI is InChI=1S/C14H18ClN3O3/c1-14(2)8-21-18(12(14)19)7-9-4-5-10(6-11(9)15)17-13(20)16-3/h4-6H,7-8H2,1-3H3,(H2,16,17,20). The van der Waals surface area contributed by atoms with Crippen molar-refractivity contribution in [2.75, 3.05) is 19.0 Å². The lowest BCUT2D eigenvalue weighted by Gasteiger charge is -2.17. The van der Waals surface area contributed by atoms with Crippen LogP contribution < -0.4 is 10.6 Å². The molecule has 1 heterocycles. The van der Waals surface area contributed by atoms with Crippen molar-refractivity contribution in [1.29, 1.82) is 0 Å². The highest BCUT2D eigenvalue weighted by molar-refractivity contribution is 6.31. The molecule has 1 fully saturated rings. The van der Waals surface area contributed by atoms with Crippen LogP contribution in [0.1, 0.15) is 19.4 Å². The average molecular weight is 312 g/mol. The maximum atomic E-state index is 12.1. The Labute approximate surface area is 128 Å².